The highest BCUT2D eigenvalue weighted by Gasteiger charge is 2.35. The second-order valence-electron chi connectivity index (χ2n) is 6.25. The van der Waals surface area contributed by atoms with Crippen LogP contribution in [0.15, 0.2) is 48.5 Å². The van der Waals surface area contributed by atoms with Crippen LogP contribution in [0, 0.1) is 5.92 Å². The Bertz CT molecular complexity index is 882. The van der Waals surface area contributed by atoms with Gasteiger partial charge in [-0.05, 0) is 24.3 Å². The first kappa shape index (κ1) is 16.1. The van der Waals surface area contributed by atoms with Crippen molar-refractivity contribution in [1.29, 1.82) is 0 Å². The molecule has 1 unspecified atom stereocenters. The zero-order chi connectivity index (χ0) is 18.1. The molecule has 0 saturated carbocycles. The molecule has 3 amide bonds. The number of amides is 3. The molecular formula is C19H17N3O4. The molecule has 4 rings (SSSR count). The number of rotatable bonds is 3. The lowest BCUT2D eigenvalue weighted by molar-refractivity contribution is -0.122. The molecule has 0 aliphatic carbocycles. The minimum atomic E-state index is -0.447. The second-order valence-corrected chi connectivity index (χ2v) is 6.25. The van der Waals surface area contributed by atoms with Gasteiger partial charge in [-0.3, -0.25) is 14.4 Å². The van der Waals surface area contributed by atoms with Gasteiger partial charge in [0.15, 0.2) is 12.4 Å². The number of nitrogens with zero attached hydrogens (tertiary/aromatic N) is 1. The summed E-state index contributed by atoms with van der Waals surface area (Å²) in [5.74, 6) is -0.567. The van der Waals surface area contributed by atoms with Gasteiger partial charge in [0.25, 0.3) is 5.91 Å². The molecule has 132 valence electrons. The van der Waals surface area contributed by atoms with Crippen LogP contribution in [0.2, 0.25) is 0 Å². The van der Waals surface area contributed by atoms with Crippen LogP contribution in [0.5, 0.6) is 5.75 Å². The van der Waals surface area contributed by atoms with Crippen LogP contribution in [0.25, 0.3) is 0 Å². The van der Waals surface area contributed by atoms with Gasteiger partial charge in [-0.1, -0.05) is 24.3 Å². The summed E-state index contributed by atoms with van der Waals surface area (Å²) in [5.41, 5.74) is 1.79. The van der Waals surface area contributed by atoms with Crippen LogP contribution >= 0.6 is 0 Å². The number of hydrogen-bond donors (Lipinski definition) is 2. The summed E-state index contributed by atoms with van der Waals surface area (Å²) in [6, 6.07) is 14.4. The highest BCUT2D eigenvalue weighted by Crippen LogP contribution is 2.36. The molecule has 1 atom stereocenters. The summed E-state index contributed by atoms with van der Waals surface area (Å²) in [5, 5.41) is 5.53. The fourth-order valence-electron chi connectivity index (χ4n) is 3.19. The first-order valence-electron chi connectivity index (χ1n) is 8.34. The smallest absolute Gasteiger partial charge is 0.262 e. The first-order chi connectivity index (χ1) is 12.6. The zero-order valence-electron chi connectivity index (χ0n) is 13.9. The Hall–Kier alpha value is -3.35. The van der Waals surface area contributed by atoms with E-state index in [1.165, 1.54) is 0 Å². The molecule has 0 bridgehead atoms. The van der Waals surface area contributed by atoms with E-state index < -0.39 is 5.92 Å². The topological polar surface area (TPSA) is 87.7 Å². The number of para-hydroxylation sites is 2. The Morgan fingerprint density at radius 1 is 1.12 bits per heavy atom. The van der Waals surface area contributed by atoms with Gasteiger partial charge in [-0.2, -0.15) is 0 Å². The van der Waals surface area contributed by atoms with Crippen molar-refractivity contribution in [3.8, 4) is 5.75 Å². The van der Waals surface area contributed by atoms with Gasteiger partial charge in [0.1, 0.15) is 0 Å². The molecule has 2 aliphatic heterocycles. The standard InChI is InChI=1S/C19H17N3O4/c23-16-11-26-18-14(20-16)7-4-8-15(18)21-19(25)12-9-17(24)22(10-12)13-5-2-1-3-6-13/h1-8,12H,9-11H2,(H,20,23)(H,21,25). The number of carbonyl (C=O) groups is 3. The van der Waals surface area contributed by atoms with E-state index >= 15 is 0 Å². The highest BCUT2D eigenvalue weighted by molar-refractivity contribution is 6.05. The number of ether oxygens (including phenoxy) is 1. The fourth-order valence-corrected chi connectivity index (χ4v) is 3.19. The minimum absolute atomic E-state index is 0.0741. The number of nitrogens with one attached hydrogen (secondary N) is 2. The van der Waals surface area contributed by atoms with Gasteiger partial charge >= 0.3 is 0 Å². The van der Waals surface area contributed by atoms with Crippen LogP contribution in [0.1, 0.15) is 6.42 Å². The second kappa shape index (κ2) is 6.51. The molecule has 0 aromatic heterocycles. The van der Waals surface area contributed by atoms with Crippen molar-refractivity contribution < 1.29 is 19.1 Å². The molecule has 0 radical (unpaired) electrons. The lowest BCUT2D eigenvalue weighted by Crippen LogP contribution is -2.29. The molecule has 7 heteroatoms. The number of carbonyl (C=O) groups excluding carboxylic acids is 3. The van der Waals surface area contributed by atoms with Crippen molar-refractivity contribution in [2.45, 2.75) is 6.42 Å². The molecule has 2 aromatic rings. The van der Waals surface area contributed by atoms with Gasteiger partial charge in [0.05, 0.1) is 17.3 Å². The predicted octanol–water partition coefficient (Wildman–Crippen LogP) is 2.01. The van der Waals surface area contributed by atoms with Gasteiger partial charge < -0.3 is 20.3 Å². The quantitative estimate of drug-likeness (QED) is 0.885. The van der Waals surface area contributed by atoms with Gasteiger partial charge in [-0.25, -0.2) is 0 Å². The summed E-state index contributed by atoms with van der Waals surface area (Å²) in [4.78, 5) is 38.0. The van der Waals surface area contributed by atoms with E-state index in [1.54, 1.807) is 23.1 Å². The Labute approximate surface area is 149 Å². The van der Waals surface area contributed by atoms with Gasteiger partial charge in [0.2, 0.25) is 11.8 Å². The maximum absolute atomic E-state index is 12.7. The SMILES string of the molecule is O=C1COc2c(cccc2NC(=O)C2CC(=O)N(c3ccccc3)C2)N1. The van der Waals surface area contributed by atoms with E-state index in [0.29, 0.717) is 23.7 Å². The van der Waals surface area contributed by atoms with Crippen LogP contribution in [0.3, 0.4) is 0 Å². The average Bonchev–Trinajstić information content (AvgIpc) is 3.04. The first-order valence-corrected chi connectivity index (χ1v) is 8.34. The van der Waals surface area contributed by atoms with E-state index in [0.717, 1.165) is 5.69 Å². The summed E-state index contributed by atoms with van der Waals surface area (Å²) >= 11 is 0. The Morgan fingerprint density at radius 3 is 2.73 bits per heavy atom. The monoisotopic (exact) mass is 351 g/mol. The summed E-state index contributed by atoms with van der Waals surface area (Å²) in [6.07, 6.45) is 0.160. The summed E-state index contributed by atoms with van der Waals surface area (Å²) < 4.78 is 5.44. The Morgan fingerprint density at radius 2 is 1.92 bits per heavy atom. The van der Waals surface area contributed by atoms with E-state index in [4.69, 9.17) is 4.74 Å². The van der Waals surface area contributed by atoms with Crippen LogP contribution < -0.4 is 20.3 Å². The molecule has 2 aliphatic rings. The zero-order valence-corrected chi connectivity index (χ0v) is 13.9. The lowest BCUT2D eigenvalue weighted by atomic mass is 10.1. The van der Waals surface area contributed by atoms with Crippen LogP contribution in [-0.2, 0) is 14.4 Å². The fraction of sp³-hybridized carbons (Fsp3) is 0.211. The maximum Gasteiger partial charge on any atom is 0.262 e. The van der Waals surface area contributed by atoms with Crippen molar-refractivity contribution in [3.63, 3.8) is 0 Å². The largest absolute Gasteiger partial charge is 0.479 e. The van der Waals surface area contributed by atoms with Crippen molar-refractivity contribution >= 4 is 34.8 Å². The highest BCUT2D eigenvalue weighted by atomic mass is 16.5. The molecule has 1 fully saturated rings. The van der Waals surface area contributed by atoms with E-state index in [-0.39, 0.29) is 30.7 Å². The van der Waals surface area contributed by atoms with Crippen molar-refractivity contribution in [2.75, 3.05) is 28.7 Å². The van der Waals surface area contributed by atoms with Crippen molar-refractivity contribution in [2.24, 2.45) is 5.92 Å². The van der Waals surface area contributed by atoms with E-state index in [1.807, 2.05) is 30.3 Å². The molecule has 1 saturated heterocycles. The number of benzene rings is 2. The van der Waals surface area contributed by atoms with Crippen molar-refractivity contribution in [3.05, 3.63) is 48.5 Å². The maximum atomic E-state index is 12.7. The Kier molecular flexibility index (Phi) is 4.04. The lowest BCUT2D eigenvalue weighted by Gasteiger charge is -2.21. The van der Waals surface area contributed by atoms with Gasteiger partial charge in [-0.15, -0.1) is 0 Å². The van der Waals surface area contributed by atoms with E-state index in [9.17, 15) is 14.4 Å². The number of anilines is 3. The predicted molar refractivity (Wildman–Crippen MR) is 96.1 cm³/mol. The van der Waals surface area contributed by atoms with Gasteiger partial charge in [0, 0.05) is 18.7 Å². The van der Waals surface area contributed by atoms with Crippen LogP contribution in [0.4, 0.5) is 17.1 Å². The van der Waals surface area contributed by atoms with Crippen molar-refractivity contribution in [1.82, 2.24) is 0 Å². The molecule has 2 N–H and O–H groups in total. The minimum Gasteiger partial charge on any atom is -0.479 e. The average molecular weight is 351 g/mol. The third-order valence-electron chi connectivity index (χ3n) is 4.46. The number of hydrogen-bond acceptors (Lipinski definition) is 4. The molecule has 7 nitrogen and oxygen atoms in total. The molecule has 2 aromatic carbocycles. The molecule has 2 heterocycles. The molecule has 0 spiro atoms. The Balaban J connectivity index is 1.49. The molecular weight excluding hydrogens is 334 g/mol. The van der Waals surface area contributed by atoms with Crippen LogP contribution in [-0.4, -0.2) is 30.9 Å². The summed E-state index contributed by atoms with van der Waals surface area (Å²) in [6.45, 7) is 0.241. The molecule has 26 heavy (non-hydrogen) atoms. The normalized spacial score (nSPS) is 18.8. The summed E-state index contributed by atoms with van der Waals surface area (Å²) in [7, 11) is 0. The number of fused-ring (bicyclic) bond motifs is 1. The third-order valence-corrected chi connectivity index (χ3v) is 4.46. The van der Waals surface area contributed by atoms with E-state index in [2.05, 4.69) is 10.6 Å². The third kappa shape index (κ3) is 2.99.